The number of anilines is 2. The number of imide groups is 2. The van der Waals surface area contributed by atoms with E-state index >= 15 is 0 Å². The largest absolute Gasteiger partial charge is 0.507 e. The fraction of sp³-hybridized carbons (Fsp3) is 0. The molecular weight excluding hydrogens is 831 g/mol. The minimum absolute atomic E-state index is 0.0671. The number of para-hydroxylation sites is 3. The van der Waals surface area contributed by atoms with Crippen molar-refractivity contribution in [2.45, 2.75) is 0 Å². The number of nitrogens with two attached hydrogens (primary N) is 1. The predicted octanol–water partition coefficient (Wildman–Crippen LogP) is 5.58. The Morgan fingerprint density at radius 2 is 0.982 bits per heavy atom. The highest BCUT2D eigenvalue weighted by Gasteiger charge is 2.30. The third-order valence-corrected chi connectivity index (χ3v) is 7.41. The number of halogens is 3. The topological polar surface area (TPSA) is 280 Å². The third-order valence-electron chi connectivity index (χ3n) is 7.21. The molecule has 0 spiro atoms. The molecule has 0 aliphatic carbocycles. The van der Waals surface area contributed by atoms with Crippen LogP contribution in [0.15, 0.2) is 109 Å². The summed E-state index contributed by atoms with van der Waals surface area (Å²) in [5.74, 6) is -3.94. The molecular formula is C37H27Cl3N4O12S. The zero-order chi connectivity index (χ0) is 42.4. The lowest BCUT2D eigenvalue weighted by atomic mass is 10.1. The summed E-state index contributed by atoms with van der Waals surface area (Å²) in [7, 11) is 7.36. The van der Waals surface area contributed by atoms with Crippen LogP contribution >= 0.6 is 33.0 Å². The Morgan fingerprint density at radius 3 is 1.39 bits per heavy atom. The average Bonchev–Trinajstić information content (AvgIpc) is 3.62. The van der Waals surface area contributed by atoms with Crippen molar-refractivity contribution in [3.05, 3.63) is 148 Å². The van der Waals surface area contributed by atoms with Crippen LogP contribution in [0.5, 0.6) is 17.2 Å². The van der Waals surface area contributed by atoms with Crippen LogP contribution in [0.2, 0.25) is 0 Å². The van der Waals surface area contributed by atoms with Crippen LogP contribution in [0.25, 0.3) is 0 Å². The van der Waals surface area contributed by atoms with E-state index in [2.05, 4.69) is 37.3 Å². The van der Waals surface area contributed by atoms with Gasteiger partial charge in [0, 0.05) is 27.1 Å². The molecule has 0 saturated heterocycles. The van der Waals surface area contributed by atoms with Crippen molar-refractivity contribution in [2.75, 3.05) is 11.1 Å². The van der Waals surface area contributed by atoms with Crippen LogP contribution in [0.1, 0.15) is 72.5 Å². The summed E-state index contributed by atoms with van der Waals surface area (Å²) in [5, 5.41) is 42.2. The minimum Gasteiger partial charge on any atom is -0.507 e. The van der Waals surface area contributed by atoms with Gasteiger partial charge in [-0.2, -0.15) is 0 Å². The zero-order valence-electron chi connectivity index (χ0n) is 28.6. The number of amides is 5. The second-order valence-electron chi connectivity index (χ2n) is 10.8. The van der Waals surface area contributed by atoms with Gasteiger partial charge in [-0.15, -0.1) is 0 Å². The highest BCUT2D eigenvalue weighted by Crippen LogP contribution is 2.26. The Balaban J connectivity index is 0.000000208. The molecule has 0 unspecified atom stereocenters. The van der Waals surface area contributed by atoms with Crippen molar-refractivity contribution in [1.82, 2.24) is 10.6 Å². The molecule has 0 saturated carbocycles. The summed E-state index contributed by atoms with van der Waals surface area (Å²) in [6, 6.07) is 27.4. The van der Waals surface area contributed by atoms with Crippen molar-refractivity contribution in [2.24, 2.45) is 0 Å². The van der Waals surface area contributed by atoms with E-state index in [4.69, 9.17) is 36.9 Å². The molecule has 0 radical (unpaired) electrons. The lowest BCUT2D eigenvalue weighted by molar-refractivity contribution is 0.0691. The molecule has 16 nitrogen and oxygen atoms in total. The number of carboxylic acids is 1. The molecule has 9 N–H and O–H groups in total. The number of aromatic carboxylic acids is 1. The molecule has 2 heterocycles. The number of aromatic hydroxyl groups is 3. The maximum Gasteiger partial charge on any atom is 0.339 e. The van der Waals surface area contributed by atoms with Crippen LogP contribution in [0.3, 0.4) is 0 Å². The standard InChI is InChI=1S/C15H10N2O4.C8H6N2O2.C7H5ClO2.C7H6O3.Cl2OS/c18-11-7-2-1-4-8(11)13(19)16-10-6-3-5-9-12(10)15(21)17-14(9)20;9-5-3-1-2-4-6(5)8(12)10-7(4)11;8-7(10)5-3-1-2-4-6(5)9;8-6-4-2-1-3-5(6)7(9)10;1-4(2)3/h1-7,18H,(H,16,19)(H,17,20,21);1-3H,9H2,(H,10,11,12);1-4,9H;1-4,8H,(H,9,10);. The first-order valence-electron chi connectivity index (χ1n) is 15.5. The summed E-state index contributed by atoms with van der Waals surface area (Å²) >= 11 is 5.11. The van der Waals surface area contributed by atoms with Gasteiger partial charge in [0.2, 0.25) is 9.23 Å². The second-order valence-corrected chi connectivity index (χ2v) is 13.7. The summed E-state index contributed by atoms with van der Waals surface area (Å²) < 4.78 is 9.09. The summed E-state index contributed by atoms with van der Waals surface area (Å²) in [6.45, 7) is 0. The molecule has 7 rings (SSSR count). The van der Waals surface area contributed by atoms with E-state index in [9.17, 15) is 38.7 Å². The molecule has 0 fully saturated rings. The first-order valence-corrected chi connectivity index (χ1v) is 18.7. The van der Waals surface area contributed by atoms with Gasteiger partial charge < -0.3 is 31.5 Å². The average molecular weight is 858 g/mol. The molecule has 5 aromatic rings. The van der Waals surface area contributed by atoms with Crippen molar-refractivity contribution in [3.63, 3.8) is 0 Å². The molecule has 2 aliphatic rings. The predicted molar refractivity (Wildman–Crippen MR) is 210 cm³/mol. The number of phenolic OH excluding ortho intramolecular Hbond substituents is 2. The van der Waals surface area contributed by atoms with Gasteiger partial charge >= 0.3 is 5.97 Å². The minimum atomic E-state index is -1.67. The van der Waals surface area contributed by atoms with Gasteiger partial charge in [-0.1, -0.05) is 48.5 Å². The molecule has 57 heavy (non-hydrogen) atoms. The maximum absolute atomic E-state index is 12.1. The van der Waals surface area contributed by atoms with Crippen LogP contribution in [-0.2, 0) is 9.23 Å². The number of hydrogen-bond donors (Lipinski definition) is 8. The number of carboxylic acid groups (broad SMARTS) is 1. The van der Waals surface area contributed by atoms with Gasteiger partial charge in [0.25, 0.3) is 34.8 Å². The zero-order valence-corrected chi connectivity index (χ0v) is 31.7. The number of nitrogens with one attached hydrogen (secondary N) is 3. The van der Waals surface area contributed by atoms with E-state index in [1.165, 1.54) is 48.5 Å². The number of carbonyl (C=O) groups excluding carboxylic acids is 6. The van der Waals surface area contributed by atoms with Gasteiger partial charge in [0.15, 0.2) is 0 Å². The number of hydrogen-bond acceptors (Lipinski definition) is 12. The van der Waals surface area contributed by atoms with E-state index in [1.807, 2.05) is 0 Å². The van der Waals surface area contributed by atoms with Gasteiger partial charge in [-0.3, -0.25) is 39.4 Å². The van der Waals surface area contributed by atoms with E-state index in [0.717, 1.165) is 0 Å². The number of phenols is 3. The summed E-state index contributed by atoms with van der Waals surface area (Å²) in [6.07, 6.45) is 0. The number of benzene rings is 5. The fourth-order valence-electron chi connectivity index (χ4n) is 4.72. The van der Waals surface area contributed by atoms with Crippen molar-refractivity contribution in [3.8, 4) is 17.2 Å². The first-order chi connectivity index (χ1) is 26.9. The van der Waals surface area contributed by atoms with Crippen molar-refractivity contribution >= 4 is 94.3 Å². The quantitative estimate of drug-likeness (QED) is 0.0623. The highest BCUT2D eigenvalue weighted by atomic mass is 36.0. The Morgan fingerprint density at radius 1 is 0.579 bits per heavy atom. The third kappa shape index (κ3) is 12.4. The van der Waals surface area contributed by atoms with E-state index in [1.54, 1.807) is 60.7 Å². The Hall–Kier alpha value is -6.79. The number of nitrogen functional groups attached to an aromatic ring is 1. The lowest BCUT2D eigenvalue weighted by Crippen LogP contribution is -2.20. The SMILES string of the molecule is Nc1cccc2c1C(=O)NC2=O.O=C(Cl)c1ccccc1O.O=C(Nc1cccc2c1C(=O)NC2=O)c1ccccc1O.O=C(O)c1ccccc1O.O=S(Cl)Cl. The van der Waals surface area contributed by atoms with Crippen LogP contribution in [0, 0.1) is 0 Å². The fourth-order valence-corrected chi connectivity index (χ4v) is 4.88. The molecule has 2 aliphatic heterocycles. The van der Waals surface area contributed by atoms with Gasteiger partial charge in [-0.25, -0.2) is 9.00 Å². The molecule has 0 atom stereocenters. The molecule has 5 aromatic carbocycles. The normalized spacial score (nSPS) is 11.6. The van der Waals surface area contributed by atoms with Gasteiger partial charge in [-0.05, 0) is 72.3 Å². The molecule has 5 amide bonds. The molecule has 0 aromatic heterocycles. The lowest BCUT2D eigenvalue weighted by Gasteiger charge is -2.09. The molecule has 20 heteroatoms. The highest BCUT2D eigenvalue weighted by molar-refractivity contribution is 8.26. The summed E-state index contributed by atoms with van der Waals surface area (Å²) in [4.78, 5) is 78.3. The van der Waals surface area contributed by atoms with E-state index in [0.29, 0.717) is 16.8 Å². The summed E-state index contributed by atoms with van der Waals surface area (Å²) in [5.41, 5.74) is 7.24. The van der Waals surface area contributed by atoms with Crippen molar-refractivity contribution in [1.29, 1.82) is 0 Å². The Labute approximate surface area is 338 Å². The van der Waals surface area contributed by atoms with Gasteiger partial charge in [0.1, 0.15) is 22.8 Å². The van der Waals surface area contributed by atoms with Crippen LogP contribution < -0.4 is 21.7 Å². The van der Waals surface area contributed by atoms with Crippen LogP contribution in [-0.4, -0.2) is 65.4 Å². The van der Waals surface area contributed by atoms with Crippen molar-refractivity contribution < 1.29 is 58.2 Å². The second kappa shape index (κ2) is 20.8. The monoisotopic (exact) mass is 856 g/mol. The Kier molecular flexibility index (Phi) is 16.3. The molecule has 0 bridgehead atoms. The molecule has 294 valence electrons. The van der Waals surface area contributed by atoms with E-state index < -0.39 is 44.1 Å². The number of rotatable bonds is 4. The Bertz CT molecular complexity index is 2350. The smallest absolute Gasteiger partial charge is 0.339 e. The van der Waals surface area contributed by atoms with Crippen LogP contribution in [0.4, 0.5) is 11.4 Å². The van der Waals surface area contributed by atoms with Gasteiger partial charge in [0.05, 0.1) is 39.1 Å². The number of fused-ring (bicyclic) bond motifs is 2. The van der Waals surface area contributed by atoms with E-state index in [-0.39, 0.29) is 56.7 Å². The maximum atomic E-state index is 12.1. The number of carbonyl (C=O) groups is 7. The first kappa shape index (κ1) is 44.6.